The Hall–Kier alpha value is -0.950. The van der Waals surface area contributed by atoms with Crippen LogP contribution in [0.4, 0.5) is 0 Å². The quantitative estimate of drug-likeness (QED) is 0.157. The SMILES string of the molecule is CCCCCC/C=C/CCCCCCCCCC(=O)OCC(O)C1COCCC(O)C1O. The van der Waals surface area contributed by atoms with Gasteiger partial charge in [-0.15, -0.1) is 0 Å². The second kappa shape index (κ2) is 19.5. The molecule has 6 nitrogen and oxygen atoms in total. The first-order valence-corrected chi connectivity index (χ1v) is 13.0. The summed E-state index contributed by atoms with van der Waals surface area (Å²) in [7, 11) is 0. The van der Waals surface area contributed by atoms with E-state index in [9.17, 15) is 20.1 Å². The van der Waals surface area contributed by atoms with Gasteiger partial charge in [0.15, 0.2) is 0 Å². The van der Waals surface area contributed by atoms with E-state index in [-0.39, 0.29) is 19.2 Å². The van der Waals surface area contributed by atoms with Crippen molar-refractivity contribution in [1.82, 2.24) is 0 Å². The Morgan fingerprint density at radius 2 is 1.56 bits per heavy atom. The molecule has 4 atom stereocenters. The second-order valence-corrected chi connectivity index (χ2v) is 9.17. The summed E-state index contributed by atoms with van der Waals surface area (Å²) in [4.78, 5) is 11.9. The first-order valence-electron chi connectivity index (χ1n) is 13.0. The van der Waals surface area contributed by atoms with Gasteiger partial charge in [0.1, 0.15) is 6.61 Å². The molecular formula is C26H48O6. The largest absolute Gasteiger partial charge is 0.463 e. The van der Waals surface area contributed by atoms with Gasteiger partial charge in [0, 0.05) is 18.9 Å². The van der Waals surface area contributed by atoms with Crippen LogP contribution in [0.5, 0.6) is 0 Å². The molecule has 0 aliphatic carbocycles. The average Bonchev–Trinajstić information content (AvgIpc) is 2.95. The molecule has 1 aliphatic heterocycles. The summed E-state index contributed by atoms with van der Waals surface area (Å²) < 4.78 is 10.5. The van der Waals surface area contributed by atoms with Gasteiger partial charge in [0.05, 0.1) is 24.9 Å². The predicted molar refractivity (Wildman–Crippen MR) is 127 cm³/mol. The van der Waals surface area contributed by atoms with Crippen molar-refractivity contribution in [2.75, 3.05) is 19.8 Å². The van der Waals surface area contributed by atoms with E-state index in [1.54, 1.807) is 0 Å². The van der Waals surface area contributed by atoms with E-state index in [1.165, 1.54) is 64.2 Å². The lowest BCUT2D eigenvalue weighted by Gasteiger charge is -2.27. The topological polar surface area (TPSA) is 96.2 Å². The molecular weight excluding hydrogens is 408 g/mol. The van der Waals surface area contributed by atoms with Crippen LogP contribution in [-0.4, -0.2) is 59.4 Å². The number of aliphatic hydroxyl groups excluding tert-OH is 3. The number of allylic oxidation sites excluding steroid dienone is 2. The van der Waals surface area contributed by atoms with Gasteiger partial charge >= 0.3 is 5.97 Å². The Bertz CT molecular complexity index is 481. The van der Waals surface area contributed by atoms with Crippen molar-refractivity contribution in [1.29, 1.82) is 0 Å². The molecule has 3 N–H and O–H groups in total. The van der Waals surface area contributed by atoms with Gasteiger partial charge < -0.3 is 24.8 Å². The minimum Gasteiger partial charge on any atom is -0.463 e. The summed E-state index contributed by atoms with van der Waals surface area (Å²) in [5.74, 6) is -0.975. The number of carbonyl (C=O) groups is 1. The molecule has 0 bridgehead atoms. The van der Waals surface area contributed by atoms with Crippen molar-refractivity contribution in [2.45, 2.75) is 122 Å². The molecule has 1 saturated heterocycles. The molecule has 1 rings (SSSR count). The summed E-state index contributed by atoms with van der Waals surface area (Å²) in [6.07, 6.45) is 18.0. The highest BCUT2D eigenvalue weighted by Crippen LogP contribution is 2.20. The molecule has 0 aromatic rings. The molecule has 0 aromatic carbocycles. The van der Waals surface area contributed by atoms with E-state index in [0.717, 1.165) is 19.3 Å². The van der Waals surface area contributed by atoms with E-state index >= 15 is 0 Å². The lowest BCUT2D eigenvalue weighted by atomic mass is 9.93. The highest BCUT2D eigenvalue weighted by atomic mass is 16.5. The molecule has 0 aromatic heterocycles. The minimum absolute atomic E-state index is 0.145. The molecule has 0 amide bonds. The molecule has 0 saturated carbocycles. The fourth-order valence-electron chi connectivity index (χ4n) is 4.03. The molecule has 0 radical (unpaired) electrons. The molecule has 1 fully saturated rings. The number of ether oxygens (including phenoxy) is 2. The van der Waals surface area contributed by atoms with Gasteiger partial charge in [-0.1, -0.05) is 70.4 Å². The van der Waals surface area contributed by atoms with Crippen LogP contribution in [0.15, 0.2) is 12.2 Å². The summed E-state index contributed by atoms with van der Waals surface area (Å²) in [5.41, 5.74) is 0. The monoisotopic (exact) mass is 456 g/mol. The van der Waals surface area contributed by atoms with E-state index in [1.807, 2.05) is 0 Å². The molecule has 6 heteroatoms. The van der Waals surface area contributed by atoms with Crippen LogP contribution < -0.4 is 0 Å². The highest BCUT2D eigenvalue weighted by molar-refractivity contribution is 5.69. The van der Waals surface area contributed by atoms with Gasteiger partial charge in [0.2, 0.25) is 0 Å². The zero-order valence-electron chi connectivity index (χ0n) is 20.3. The average molecular weight is 457 g/mol. The van der Waals surface area contributed by atoms with Crippen LogP contribution in [0.2, 0.25) is 0 Å². The van der Waals surface area contributed by atoms with Gasteiger partial charge in [-0.25, -0.2) is 0 Å². The van der Waals surface area contributed by atoms with Crippen LogP contribution in [0, 0.1) is 5.92 Å². The van der Waals surface area contributed by atoms with Crippen molar-refractivity contribution in [3.8, 4) is 0 Å². The van der Waals surface area contributed by atoms with Crippen molar-refractivity contribution in [3.05, 3.63) is 12.2 Å². The van der Waals surface area contributed by atoms with E-state index in [2.05, 4.69) is 19.1 Å². The predicted octanol–water partition coefficient (Wildman–Crippen LogP) is 4.69. The van der Waals surface area contributed by atoms with Crippen molar-refractivity contribution in [3.63, 3.8) is 0 Å². The molecule has 0 spiro atoms. The lowest BCUT2D eigenvalue weighted by Crippen LogP contribution is -2.42. The molecule has 32 heavy (non-hydrogen) atoms. The smallest absolute Gasteiger partial charge is 0.305 e. The minimum atomic E-state index is -1.07. The van der Waals surface area contributed by atoms with Crippen LogP contribution in [0.1, 0.15) is 103 Å². The van der Waals surface area contributed by atoms with Gasteiger partial charge in [-0.2, -0.15) is 0 Å². The number of esters is 1. The first kappa shape index (κ1) is 29.1. The van der Waals surface area contributed by atoms with Crippen LogP contribution in [0.3, 0.4) is 0 Å². The van der Waals surface area contributed by atoms with Crippen molar-refractivity contribution < 1.29 is 29.6 Å². The number of unbranched alkanes of at least 4 members (excludes halogenated alkanes) is 11. The van der Waals surface area contributed by atoms with Crippen molar-refractivity contribution >= 4 is 5.97 Å². The third kappa shape index (κ3) is 14.2. The third-order valence-corrected chi connectivity index (χ3v) is 6.25. The zero-order valence-corrected chi connectivity index (χ0v) is 20.3. The second-order valence-electron chi connectivity index (χ2n) is 9.17. The lowest BCUT2D eigenvalue weighted by molar-refractivity contribution is -0.150. The van der Waals surface area contributed by atoms with E-state index in [4.69, 9.17) is 9.47 Å². The van der Waals surface area contributed by atoms with Crippen LogP contribution in [0.25, 0.3) is 0 Å². The number of aliphatic hydroxyl groups is 3. The Morgan fingerprint density at radius 3 is 2.22 bits per heavy atom. The van der Waals surface area contributed by atoms with E-state index in [0.29, 0.717) is 19.4 Å². The maximum absolute atomic E-state index is 11.9. The standard InChI is InChI=1S/C26H48O6/c1-2-3-4-5-6-7-8-9-10-11-12-13-14-15-16-17-25(29)32-21-24(28)22-20-31-19-18-23(27)26(22)30/h7-8,22-24,26-28,30H,2-6,9-21H2,1H3/b8-7+. The fourth-order valence-corrected chi connectivity index (χ4v) is 4.03. The maximum Gasteiger partial charge on any atom is 0.305 e. The number of hydrogen-bond donors (Lipinski definition) is 3. The summed E-state index contributed by atoms with van der Waals surface area (Å²) in [6.45, 7) is 2.56. The summed E-state index contributed by atoms with van der Waals surface area (Å²) in [5, 5.41) is 30.1. The summed E-state index contributed by atoms with van der Waals surface area (Å²) in [6, 6.07) is 0. The zero-order chi connectivity index (χ0) is 23.4. The highest BCUT2D eigenvalue weighted by Gasteiger charge is 2.34. The normalized spacial score (nSPS) is 22.7. The van der Waals surface area contributed by atoms with Crippen molar-refractivity contribution in [2.24, 2.45) is 5.92 Å². The molecule has 1 aliphatic rings. The van der Waals surface area contributed by atoms with Crippen LogP contribution >= 0.6 is 0 Å². The van der Waals surface area contributed by atoms with E-state index < -0.39 is 24.2 Å². The molecule has 1 heterocycles. The first-order chi connectivity index (χ1) is 15.6. The molecule has 188 valence electrons. The maximum atomic E-state index is 11.9. The summed E-state index contributed by atoms with van der Waals surface area (Å²) >= 11 is 0. The third-order valence-electron chi connectivity index (χ3n) is 6.25. The Balaban J connectivity index is 1.93. The van der Waals surface area contributed by atoms with Gasteiger partial charge in [-0.3, -0.25) is 4.79 Å². The van der Waals surface area contributed by atoms with Gasteiger partial charge in [-0.05, 0) is 38.5 Å². The van der Waals surface area contributed by atoms with Crippen LogP contribution in [-0.2, 0) is 14.3 Å². The Labute approximate surface area is 195 Å². The number of rotatable bonds is 18. The Morgan fingerprint density at radius 1 is 0.969 bits per heavy atom. The molecule has 4 unspecified atom stereocenters. The van der Waals surface area contributed by atoms with Gasteiger partial charge in [0.25, 0.3) is 0 Å². The number of carbonyl (C=O) groups excluding carboxylic acids is 1. The number of hydrogen-bond acceptors (Lipinski definition) is 6. The Kier molecular flexibility index (Phi) is 17.7. The fraction of sp³-hybridized carbons (Fsp3) is 0.885.